The van der Waals surface area contributed by atoms with Gasteiger partial charge >= 0.3 is 0 Å². The first kappa shape index (κ1) is 13.3. The zero-order chi connectivity index (χ0) is 13.0. The van der Waals surface area contributed by atoms with E-state index in [1.54, 1.807) is 6.92 Å². The first-order chi connectivity index (χ1) is 7.90. The minimum Gasteiger partial charge on any atom is -0.507 e. The number of amides is 2. The molecule has 0 aliphatic carbocycles. The second kappa shape index (κ2) is 5.54. The van der Waals surface area contributed by atoms with Crippen molar-refractivity contribution in [3.8, 4) is 5.75 Å². The van der Waals surface area contributed by atoms with Crippen LogP contribution in [0.2, 0.25) is 5.02 Å². The molecule has 0 saturated heterocycles. The lowest BCUT2D eigenvalue weighted by atomic mass is 10.1. The summed E-state index contributed by atoms with van der Waals surface area (Å²) in [6, 6.07) is 3.75. The standard InChI is InChI=1S/C11H13ClN2O3/c1-6(4-10(13)16)14-11(17)8-5-7(12)2-3-9(8)15/h2-3,5-6,15H,4H2,1H3,(H2,13,16)(H,14,17). The Morgan fingerprint density at radius 3 is 2.76 bits per heavy atom. The summed E-state index contributed by atoms with van der Waals surface area (Å²) in [5, 5.41) is 12.4. The molecular weight excluding hydrogens is 244 g/mol. The third kappa shape index (κ3) is 3.96. The maximum absolute atomic E-state index is 11.7. The zero-order valence-electron chi connectivity index (χ0n) is 9.24. The maximum Gasteiger partial charge on any atom is 0.255 e. The predicted molar refractivity (Wildman–Crippen MR) is 63.9 cm³/mol. The van der Waals surface area contributed by atoms with Gasteiger partial charge in [0.2, 0.25) is 5.91 Å². The third-order valence-corrected chi connectivity index (χ3v) is 2.32. The Morgan fingerprint density at radius 2 is 2.18 bits per heavy atom. The van der Waals surface area contributed by atoms with E-state index >= 15 is 0 Å². The Balaban J connectivity index is 2.76. The van der Waals surface area contributed by atoms with Crippen LogP contribution < -0.4 is 11.1 Å². The first-order valence-corrected chi connectivity index (χ1v) is 5.35. The molecule has 0 saturated carbocycles. The van der Waals surface area contributed by atoms with Gasteiger partial charge in [0.1, 0.15) is 5.75 Å². The van der Waals surface area contributed by atoms with E-state index in [0.29, 0.717) is 5.02 Å². The van der Waals surface area contributed by atoms with E-state index in [2.05, 4.69) is 5.32 Å². The van der Waals surface area contributed by atoms with Gasteiger partial charge in [0.25, 0.3) is 5.91 Å². The van der Waals surface area contributed by atoms with Gasteiger partial charge in [-0.05, 0) is 25.1 Å². The molecule has 1 rings (SSSR count). The SMILES string of the molecule is CC(CC(N)=O)NC(=O)c1cc(Cl)ccc1O. The average molecular weight is 257 g/mol. The molecular formula is C11H13ClN2O3. The van der Waals surface area contributed by atoms with E-state index in [9.17, 15) is 14.7 Å². The summed E-state index contributed by atoms with van der Waals surface area (Å²) in [6.45, 7) is 1.64. The van der Waals surface area contributed by atoms with Crippen LogP contribution in [-0.4, -0.2) is 23.0 Å². The van der Waals surface area contributed by atoms with E-state index in [1.807, 2.05) is 0 Å². The van der Waals surface area contributed by atoms with Crippen molar-refractivity contribution in [2.75, 3.05) is 0 Å². The molecule has 2 amide bonds. The van der Waals surface area contributed by atoms with E-state index in [-0.39, 0.29) is 17.7 Å². The molecule has 0 radical (unpaired) electrons. The van der Waals surface area contributed by atoms with Crippen LogP contribution in [0.15, 0.2) is 18.2 Å². The molecule has 5 nitrogen and oxygen atoms in total. The molecule has 0 heterocycles. The Bertz CT molecular complexity index is 448. The molecule has 17 heavy (non-hydrogen) atoms. The second-order valence-corrected chi connectivity index (χ2v) is 4.14. The molecule has 0 bridgehead atoms. The maximum atomic E-state index is 11.7. The van der Waals surface area contributed by atoms with Crippen LogP contribution in [0.4, 0.5) is 0 Å². The van der Waals surface area contributed by atoms with Crippen molar-refractivity contribution >= 4 is 23.4 Å². The van der Waals surface area contributed by atoms with Gasteiger partial charge in [-0.2, -0.15) is 0 Å². The van der Waals surface area contributed by atoms with Gasteiger partial charge in [0.15, 0.2) is 0 Å². The summed E-state index contributed by atoms with van der Waals surface area (Å²) >= 11 is 5.72. The van der Waals surface area contributed by atoms with Crippen LogP contribution in [0.1, 0.15) is 23.7 Å². The number of hydrogen-bond acceptors (Lipinski definition) is 3. The van der Waals surface area contributed by atoms with Gasteiger partial charge in [-0.25, -0.2) is 0 Å². The fourth-order valence-corrected chi connectivity index (χ4v) is 1.52. The Hall–Kier alpha value is -1.75. The molecule has 1 atom stereocenters. The van der Waals surface area contributed by atoms with Crippen molar-refractivity contribution in [2.24, 2.45) is 5.73 Å². The van der Waals surface area contributed by atoms with Crippen LogP contribution in [0.5, 0.6) is 5.75 Å². The summed E-state index contributed by atoms with van der Waals surface area (Å²) in [4.78, 5) is 22.4. The Morgan fingerprint density at radius 1 is 1.53 bits per heavy atom. The summed E-state index contributed by atoms with van der Waals surface area (Å²) < 4.78 is 0. The van der Waals surface area contributed by atoms with Crippen LogP contribution in [-0.2, 0) is 4.79 Å². The molecule has 1 aromatic carbocycles. The molecule has 92 valence electrons. The van der Waals surface area contributed by atoms with Gasteiger partial charge in [-0.3, -0.25) is 9.59 Å². The lowest BCUT2D eigenvalue weighted by molar-refractivity contribution is -0.118. The van der Waals surface area contributed by atoms with E-state index in [4.69, 9.17) is 17.3 Å². The fraction of sp³-hybridized carbons (Fsp3) is 0.273. The first-order valence-electron chi connectivity index (χ1n) is 4.98. The number of aromatic hydroxyl groups is 1. The van der Waals surface area contributed by atoms with Gasteiger partial charge in [-0.15, -0.1) is 0 Å². The highest BCUT2D eigenvalue weighted by Crippen LogP contribution is 2.21. The van der Waals surface area contributed by atoms with Gasteiger partial charge in [-0.1, -0.05) is 11.6 Å². The minimum atomic E-state index is -0.506. The minimum absolute atomic E-state index is 0.0348. The number of hydrogen-bond donors (Lipinski definition) is 3. The molecule has 0 fully saturated rings. The van der Waals surface area contributed by atoms with Crippen molar-refractivity contribution < 1.29 is 14.7 Å². The smallest absolute Gasteiger partial charge is 0.255 e. The fourth-order valence-electron chi connectivity index (χ4n) is 1.34. The number of primary amides is 1. The second-order valence-electron chi connectivity index (χ2n) is 3.71. The van der Waals surface area contributed by atoms with Crippen LogP contribution in [0.25, 0.3) is 0 Å². The topological polar surface area (TPSA) is 92.4 Å². The molecule has 0 aliphatic heterocycles. The number of carbonyl (C=O) groups is 2. The summed E-state index contributed by atoms with van der Waals surface area (Å²) in [7, 11) is 0. The third-order valence-electron chi connectivity index (χ3n) is 2.09. The lowest BCUT2D eigenvalue weighted by Gasteiger charge is -2.12. The molecule has 0 spiro atoms. The highest BCUT2D eigenvalue weighted by Gasteiger charge is 2.15. The van der Waals surface area contributed by atoms with Gasteiger partial charge in [0.05, 0.1) is 5.56 Å². The number of nitrogens with one attached hydrogen (secondary N) is 1. The van der Waals surface area contributed by atoms with E-state index in [0.717, 1.165) is 0 Å². The predicted octanol–water partition coefficient (Wildman–Crippen LogP) is 1.04. The number of nitrogens with two attached hydrogens (primary N) is 1. The number of rotatable bonds is 4. The quantitative estimate of drug-likeness (QED) is 0.751. The Kier molecular flexibility index (Phi) is 4.34. The van der Waals surface area contributed by atoms with Crippen LogP contribution in [0.3, 0.4) is 0 Å². The zero-order valence-corrected chi connectivity index (χ0v) is 9.99. The molecule has 4 N–H and O–H groups in total. The van der Waals surface area contributed by atoms with E-state index in [1.165, 1.54) is 18.2 Å². The number of benzene rings is 1. The molecule has 0 aliphatic rings. The lowest BCUT2D eigenvalue weighted by Crippen LogP contribution is -2.35. The van der Waals surface area contributed by atoms with E-state index < -0.39 is 17.9 Å². The Labute approximate surface area is 104 Å². The normalized spacial score (nSPS) is 11.9. The monoisotopic (exact) mass is 256 g/mol. The summed E-state index contributed by atoms with van der Waals surface area (Å²) in [5.74, 6) is -1.18. The highest BCUT2D eigenvalue weighted by molar-refractivity contribution is 6.31. The number of halogens is 1. The number of carbonyl (C=O) groups excluding carboxylic acids is 2. The molecule has 0 aromatic heterocycles. The molecule has 1 unspecified atom stereocenters. The number of phenols is 1. The van der Waals surface area contributed by atoms with Crippen LogP contribution >= 0.6 is 11.6 Å². The summed E-state index contributed by atoms with van der Waals surface area (Å²) in [5.41, 5.74) is 5.06. The largest absolute Gasteiger partial charge is 0.507 e. The van der Waals surface area contributed by atoms with Crippen molar-refractivity contribution in [2.45, 2.75) is 19.4 Å². The van der Waals surface area contributed by atoms with Gasteiger partial charge < -0.3 is 16.2 Å². The highest BCUT2D eigenvalue weighted by atomic mass is 35.5. The van der Waals surface area contributed by atoms with Crippen molar-refractivity contribution in [1.82, 2.24) is 5.32 Å². The van der Waals surface area contributed by atoms with Crippen LogP contribution in [0, 0.1) is 0 Å². The van der Waals surface area contributed by atoms with Gasteiger partial charge in [0, 0.05) is 17.5 Å². The molecule has 1 aromatic rings. The molecule has 6 heteroatoms. The van der Waals surface area contributed by atoms with Crippen molar-refractivity contribution in [1.29, 1.82) is 0 Å². The van der Waals surface area contributed by atoms with Crippen molar-refractivity contribution in [3.05, 3.63) is 28.8 Å². The van der Waals surface area contributed by atoms with Crippen molar-refractivity contribution in [3.63, 3.8) is 0 Å². The number of phenolic OH excluding ortho intramolecular Hbond substituents is 1. The average Bonchev–Trinajstić information content (AvgIpc) is 2.20. The summed E-state index contributed by atoms with van der Waals surface area (Å²) in [6.07, 6.45) is 0.0348.